The summed E-state index contributed by atoms with van der Waals surface area (Å²) in [5.41, 5.74) is 11.7. The molecule has 9 rings (SSSR count). The van der Waals surface area contributed by atoms with Gasteiger partial charge in [0.15, 0.2) is 0 Å². The van der Waals surface area contributed by atoms with Gasteiger partial charge >= 0.3 is 0 Å². The van der Waals surface area contributed by atoms with Gasteiger partial charge in [0.25, 0.3) is 0 Å². The highest BCUT2D eigenvalue weighted by Gasteiger charge is 2.13. The number of nitrogens with zero attached hydrogens (tertiary/aromatic N) is 3. The number of hydrogen-bond acceptors (Lipinski definition) is 3. The zero-order valence-corrected chi connectivity index (χ0v) is 24.9. The third-order valence-electron chi connectivity index (χ3n) is 8.91. The summed E-state index contributed by atoms with van der Waals surface area (Å²) in [6, 6.07) is 55.6. The van der Waals surface area contributed by atoms with Crippen molar-refractivity contribution in [3.05, 3.63) is 164 Å². The molecule has 9 aromatic rings. The highest BCUT2D eigenvalue weighted by atomic mass is 14.8. The summed E-state index contributed by atoms with van der Waals surface area (Å²) < 4.78 is 0. The second kappa shape index (κ2) is 10.8. The van der Waals surface area contributed by atoms with Gasteiger partial charge in [0, 0.05) is 33.5 Å². The van der Waals surface area contributed by atoms with Crippen LogP contribution in [0.25, 0.3) is 88.2 Å². The first-order chi connectivity index (χ1) is 22.8. The summed E-state index contributed by atoms with van der Waals surface area (Å²) in [5, 5.41) is 5.81. The quantitative estimate of drug-likeness (QED) is 0.193. The van der Waals surface area contributed by atoms with E-state index in [-0.39, 0.29) is 0 Å². The zero-order chi connectivity index (χ0) is 30.5. The Morgan fingerprint density at radius 1 is 0.370 bits per heavy atom. The monoisotopic (exact) mass is 585 g/mol. The van der Waals surface area contributed by atoms with Crippen LogP contribution >= 0.6 is 0 Å². The lowest BCUT2D eigenvalue weighted by Crippen LogP contribution is -1.91. The van der Waals surface area contributed by atoms with Crippen molar-refractivity contribution in [1.29, 1.82) is 0 Å². The number of benzene rings is 6. The maximum absolute atomic E-state index is 5.10. The van der Waals surface area contributed by atoms with Crippen LogP contribution in [0.2, 0.25) is 0 Å². The number of rotatable bonds is 4. The Kier molecular flexibility index (Phi) is 6.14. The van der Waals surface area contributed by atoms with Crippen LogP contribution in [0, 0.1) is 0 Å². The molecule has 3 heteroatoms. The molecule has 0 amide bonds. The maximum Gasteiger partial charge on any atom is 0.0972 e. The molecule has 0 saturated carbocycles. The first-order valence-electron chi connectivity index (χ1n) is 15.5. The van der Waals surface area contributed by atoms with E-state index in [0.717, 1.165) is 49.8 Å². The lowest BCUT2D eigenvalue weighted by Gasteiger charge is -2.14. The summed E-state index contributed by atoms with van der Waals surface area (Å²) in [6.07, 6.45) is 1.83. The van der Waals surface area contributed by atoms with E-state index in [1.54, 1.807) is 0 Å². The van der Waals surface area contributed by atoms with Crippen LogP contribution in [-0.2, 0) is 0 Å². The molecule has 3 nitrogen and oxygen atoms in total. The Morgan fingerprint density at radius 2 is 0.978 bits per heavy atom. The van der Waals surface area contributed by atoms with E-state index in [0.29, 0.717) is 0 Å². The second-order valence-corrected chi connectivity index (χ2v) is 11.7. The van der Waals surface area contributed by atoms with Crippen molar-refractivity contribution in [1.82, 2.24) is 15.0 Å². The minimum Gasteiger partial charge on any atom is -0.254 e. The van der Waals surface area contributed by atoms with Crippen LogP contribution in [0.15, 0.2) is 164 Å². The Balaban J connectivity index is 1.09. The molecule has 3 aromatic heterocycles. The summed E-state index contributed by atoms with van der Waals surface area (Å²) in [6.45, 7) is 0. The lowest BCUT2D eigenvalue weighted by molar-refractivity contribution is 1.37. The van der Waals surface area contributed by atoms with Crippen LogP contribution in [0.3, 0.4) is 0 Å². The van der Waals surface area contributed by atoms with Gasteiger partial charge in [-0.25, -0.2) is 9.97 Å². The SMILES string of the molecule is c1ccc(-c2cc(-c3ccc(-c4ccc(-c5ccc6ccc7cccnc7c6n5)cc4)cc3)c3c(ccc4ccccc43)n2)cc1. The van der Waals surface area contributed by atoms with Crippen molar-refractivity contribution in [2.24, 2.45) is 0 Å². The molecule has 0 fully saturated rings. The van der Waals surface area contributed by atoms with Gasteiger partial charge in [-0.1, -0.05) is 133 Å². The van der Waals surface area contributed by atoms with Crippen LogP contribution in [0.4, 0.5) is 0 Å². The van der Waals surface area contributed by atoms with E-state index in [9.17, 15) is 0 Å². The summed E-state index contributed by atoms with van der Waals surface area (Å²) in [5.74, 6) is 0. The predicted molar refractivity (Wildman–Crippen MR) is 192 cm³/mol. The molecule has 0 radical (unpaired) electrons. The number of pyridine rings is 3. The van der Waals surface area contributed by atoms with Crippen molar-refractivity contribution < 1.29 is 0 Å². The Bertz CT molecular complexity index is 2550. The molecule has 0 aliphatic heterocycles. The molecular formula is C43H27N3. The second-order valence-electron chi connectivity index (χ2n) is 11.7. The number of hydrogen-bond donors (Lipinski definition) is 0. The fraction of sp³-hybridized carbons (Fsp3) is 0. The summed E-state index contributed by atoms with van der Waals surface area (Å²) in [7, 11) is 0. The van der Waals surface area contributed by atoms with Gasteiger partial charge in [-0.15, -0.1) is 0 Å². The molecule has 214 valence electrons. The molecule has 6 aromatic carbocycles. The maximum atomic E-state index is 5.10. The van der Waals surface area contributed by atoms with Gasteiger partial charge in [-0.05, 0) is 57.3 Å². The van der Waals surface area contributed by atoms with Crippen molar-refractivity contribution in [3.63, 3.8) is 0 Å². The van der Waals surface area contributed by atoms with Crippen LogP contribution in [0.5, 0.6) is 0 Å². The summed E-state index contributed by atoms with van der Waals surface area (Å²) >= 11 is 0. The fourth-order valence-electron chi connectivity index (χ4n) is 6.55. The van der Waals surface area contributed by atoms with E-state index < -0.39 is 0 Å². The number of aromatic nitrogens is 3. The highest BCUT2D eigenvalue weighted by Crippen LogP contribution is 2.37. The Morgan fingerprint density at radius 3 is 1.78 bits per heavy atom. The van der Waals surface area contributed by atoms with Crippen LogP contribution < -0.4 is 0 Å². The molecular weight excluding hydrogens is 558 g/mol. The zero-order valence-electron chi connectivity index (χ0n) is 24.9. The standard InChI is InChI=1S/C43H27N3/c1-2-8-32(9-3-1)40-27-37(41-36-11-5-4-7-30(36)22-25-39(41)45-40)31-16-12-28(13-17-31)29-14-18-33(19-15-29)38-24-23-35-21-20-34-10-6-26-44-42(34)43(35)46-38/h1-27H. The van der Waals surface area contributed by atoms with Gasteiger partial charge in [0.05, 0.1) is 27.9 Å². The molecule has 0 saturated heterocycles. The van der Waals surface area contributed by atoms with Crippen molar-refractivity contribution in [2.75, 3.05) is 0 Å². The van der Waals surface area contributed by atoms with Crippen molar-refractivity contribution in [3.8, 4) is 44.8 Å². The smallest absolute Gasteiger partial charge is 0.0972 e. The minimum absolute atomic E-state index is 0.933. The first-order valence-corrected chi connectivity index (χ1v) is 15.5. The highest BCUT2D eigenvalue weighted by molar-refractivity contribution is 6.14. The predicted octanol–water partition coefficient (Wildman–Crippen LogP) is 11.2. The van der Waals surface area contributed by atoms with E-state index in [4.69, 9.17) is 9.97 Å². The van der Waals surface area contributed by atoms with Gasteiger partial charge in [-0.2, -0.15) is 0 Å². The van der Waals surface area contributed by atoms with Crippen molar-refractivity contribution in [2.45, 2.75) is 0 Å². The lowest BCUT2D eigenvalue weighted by atomic mass is 9.93. The van der Waals surface area contributed by atoms with Gasteiger partial charge in [0.2, 0.25) is 0 Å². The van der Waals surface area contributed by atoms with E-state index in [1.807, 2.05) is 18.3 Å². The largest absolute Gasteiger partial charge is 0.254 e. The molecule has 0 spiro atoms. The minimum atomic E-state index is 0.933. The average Bonchev–Trinajstić information content (AvgIpc) is 3.14. The summed E-state index contributed by atoms with van der Waals surface area (Å²) in [4.78, 5) is 14.7. The molecule has 0 bridgehead atoms. The first kappa shape index (κ1) is 26.2. The molecule has 0 aliphatic rings. The molecule has 46 heavy (non-hydrogen) atoms. The van der Waals surface area contributed by atoms with Gasteiger partial charge in [-0.3, -0.25) is 4.98 Å². The normalized spacial score (nSPS) is 11.5. The molecule has 0 aliphatic carbocycles. The average molecular weight is 586 g/mol. The van der Waals surface area contributed by atoms with E-state index >= 15 is 0 Å². The third-order valence-corrected chi connectivity index (χ3v) is 8.91. The third kappa shape index (κ3) is 4.49. The van der Waals surface area contributed by atoms with E-state index in [1.165, 1.54) is 38.4 Å². The van der Waals surface area contributed by atoms with Gasteiger partial charge in [0.1, 0.15) is 0 Å². The molecule has 0 N–H and O–H groups in total. The molecule has 0 unspecified atom stereocenters. The van der Waals surface area contributed by atoms with E-state index in [2.05, 4.69) is 151 Å². The van der Waals surface area contributed by atoms with Crippen LogP contribution in [-0.4, -0.2) is 15.0 Å². The number of fused-ring (bicyclic) bond motifs is 6. The van der Waals surface area contributed by atoms with Gasteiger partial charge < -0.3 is 0 Å². The Hall–Kier alpha value is -6.19. The molecule has 3 heterocycles. The molecule has 0 atom stereocenters. The van der Waals surface area contributed by atoms with Crippen molar-refractivity contribution >= 4 is 43.5 Å². The topological polar surface area (TPSA) is 38.7 Å². The Labute approximate surface area is 266 Å². The fourth-order valence-corrected chi connectivity index (χ4v) is 6.55. The van der Waals surface area contributed by atoms with Crippen LogP contribution in [0.1, 0.15) is 0 Å².